The Bertz CT molecular complexity index is 973. The van der Waals surface area contributed by atoms with Gasteiger partial charge in [0.25, 0.3) is 5.84 Å². The fourth-order valence-corrected chi connectivity index (χ4v) is 4.38. The lowest BCUT2D eigenvalue weighted by Crippen LogP contribution is -3.08. The molecule has 0 amide bonds. The summed E-state index contributed by atoms with van der Waals surface area (Å²) in [5.74, 6) is 2.19. The summed E-state index contributed by atoms with van der Waals surface area (Å²) >= 11 is 1.49. The van der Waals surface area contributed by atoms with E-state index in [9.17, 15) is 0 Å². The number of aliphatic imine (C=N–C) groups is 2. The molecule has 0 saturated carbocycles. The van der Waals surface area contributed by atoms with Crippen molar-refractivity contribution in [1.82, 2.24) is 19.5 Å². The van der Waals surface area contributed by atoms with Crippen molar-refractivity contribution in [2.24, 2.45) is 17.0 Å². The zero-order chi connectivity index (χ0) is 18.2. The maximum Gasteiger partial charge on any atom is 0.279 e. The van der Waals surface area contributed by atoms with Crippen molar-refractivity contribution < 1.29 is 4.90 Å². The minimum Gasteiger partial charge on any atom is -0.324 e. The van der Waals surface area contributed by atoms with Crippen LogP contribution in [0.2, 0.25) is 0 Å². The number of nitrogens with one attached hydrogen (secondary N) is 3. The topological polar surface area (TPSA) is 83.9 Å². The number of fused-ring (bicyclic) bond motifs is 1. The van der Waals surface area contributed by atoms with Crippen LogP contribution in [-0.4, -0.2) is 38.9 Å². The number of hydrogen-bond acceptors (Lipinski definition) is 7. The number of piperidine rings is 1. The van der Waals surface area contributed by atoms with Gasteiger partial charge in [0, 0.05) is 19.2 Å². The molecule has 0 aromatic carbocycles. The largest absolute Gasteiger partial charge is 0.324 e. The fraction of sp³-hybridized carbons (Fsp3) is 0.333. The Morgan fingerprint density at radius 1 is 1.30 bits per heavy atom. The van der Waals surface area contributed by atoms with E-state index in [-0.39, 0.29) is 0 Å². The average Bonchev–Trinajstić information content (AvgIpc) is 3.42. The van der Waals surface area contributed by atoms with Gasteiger partial charge in [-0.1, -0.05) is 0 Å². The molecule has 1 saturated heterocycles. The highest BCUT2D eigenvalue weighted by molar-refractivity contribution is 7.10. The number of hydrogen-bond donors (Lipinski definition) is 3. The Hall–Kier alpha value is -2.62. The molecule has 0 radical (unpaired) electrons. The number of quaternary nitrogens is 1. The Balaban J connectivity index is 1.32. The van der Waals surface area contributed by atoms with Crippen LogP contribution in [0.5, 0.6) is 0 Å². The van der Waals surface area contributed by atoms with Crippen LogP contribution in [-0.2, 0) is 7.05 Å². The average molecular weight is 381 g/mol. The van der Waals surface area contributed by atoms with Gasteiger partial charge in [0.05, 0.1) is 29.9 Å². The second-order valence-corrected chi connectivity index (χ2v) is 7.70. The van der Waals surface area contributed by atoms with Crippen LogP contribution in [0.1, 0.15) is 30.0 Å². The predicted molar refractivity (Wildman–Crippen MR) is 107 cm³/mol. The van der Waals surface area contributed by atoms with Gasteiger partial charge in [-0.05, 0) is 43.5 Å². The van der Waals surface area contributed by atoms with Crippen LogP contribution in [0.15, 0.2) is 47.0 Å². The monoisotopic (exact) mass is 381 g/mol. The third-order valence-corrected chi connectivity index (χ3v) is 5.80. The highest BCUT2D eigenvalue weighted by Gasteiger charge is 2.34. The molecular formula is C18H21N8S+. The van der Waals surface area contributed by atoms with E-state index in [1.54, 1.807) is 4.68 Å². The summed E-state index contributed by atoms with van der Waals surface area (Å²) in [6.45, 7) is 2.14. The van der Waals surface area contributed by atoms with Crippen molar-refractivity contribution in [1.29, 1.82) is 0 Å². The van der Waals surface area contributed by atoms with Crippen molar-refractivity contribution in [3.05, 3.63) is 48.3 Å². The van der Waals surface area contributed by atoms with E-state index in [4.69, 9.17) is 0 Å². The van der Waals surface area contributed by atoms with Gasteiger partial charge in [0.1, 0.15) is 11.2 Å². The molecular weight excluding hydrogens is 360 g/mol. The van der Waals surface area contributed by atoms with Gasteiger partial charge in [-0.25, -0.2) is 9.89 Å². The van der Waals surface area contributed by atoms with E-state index in [0.717, 1.165) is 58.8 Å². The van der Waals surface area contributed by atoms with Crippen molar-refractivity contribution in [3.8, 4) is 0 Å². The van der Waals surface area contributed by atoms with Crippen molar-refractivity contribution in [3.63, 3.8) is 0 Å². The van der Waals surface area contributed by atoms with Gasteiger partial charge in [-0.3, -0.25) is 4.68 Å². The zero-order valence-electron chi connectivity index (χ0n) is 15.0. The SMILES string of the molecule is Cn1cc(C2=CN=C3C(Nc4cc(C5CCNCC5)ns4)=NC=C[NH+]23)cn1. The minimum absolute atomic E-state index is 0.552. The predicted octanol–water partition coefficient (Wildman–Crippen LogP) is 0.934. The zero-order valence-corrected chi connectivity index (χ0v) is 15.8. The number of rotatable bonds is 3. The van der Waals surface area contributed by atoms with Gasteiger partial charge in [-0.2, -0.15) is 14.5 Å². The lowest BCUT2D eigenvalue weighted by atomic mass is 9.95. The molecule has 5 rings (SSSR count). The van der Waals surface area contributed by atoms with Crippen LogP contribution in [0.4, 0.5) is 5.00 Å². The molecule has 2 aromatic rings. The van der Waals surface area contributed by atoms with Gasteiger partial charge >= 0.3 is 0 Å². The summed E-state index contributed by atoms with van der Waals surface area (Å²) in [6, 6.07) is 2.16. The molecule has 0 aliphatic carbocycles. The molecule has 138 valence electrons. The number of anilines is 1. The first-order valence-electron chi connectivity index (χ1n) is 9.12. The molecule has 9 heteroatoms. The van der Waals surface area contributed by atoms with Gasteiger partial charge in [0.15, 0.2) is 5.70 Å². The Labute approximate surface area is 161 Å². The molecule has 3 N–H and O–H groups in total. The van der Waals surface area contributed by atoms with Crippen LogP contribution >= 0.6 is 11.5 Å². The number of amidine groups is 2. The maximum atomic E-state index is 4.66. The van der Waals surface area contributed by atoms with E-state index in [2.05, 4.69) is 36.2 Å². The lowest BCUT2D eigenvalue weighted by molar-refractivity contribution is -0.653. The second-order valence-electron chi connectivity index (χ2n) is 6.90. The molecule has 1 unspecified atom stereocenters. The van der Waals surface area contributed by atoms with Gasteiger partial charge < -0.3 is 10.6 Å². The molecule has 1 fully saturated rings. The van der Waals surface area contributed by atoms with Crippen molar-refractivity contribution in [2.45, 2.75) is 18.8 Å². The number of nitrogens with zero attached hydrogens (tertiary/aromatic N) is 5. The van der Waals surface area contributed by atoms with E-state index in [1.807, 2.05) is 38.0 Å². The quantitative estimate of drug-likeness (QED) is 0.739. The Morgan fingerprint density at radius 3 is 3.00 bits per heavy atom. The summed E-state index contributed by atoms with van der Waals surface area (Å²) < 4.78 is 6.46. The van der Waals surface area contributed by atoms with Crippen LogP contribution in [0, 0.1) is 0 Å². The van der Waals surface area contributed by atoms with Gasteiger partial charge in [0.2, 0.25) is 5.84 Å². The fourth-order valence-electron chi connectivity index (χ4n) is 3.66. The molecule has 8 nitrogen and oxygen atoms in total. The molecule has 1 atom stereocenters. The highest BCUT2D eigenvalue weighted by atomic mass is 32.1. The van der Waals surface area contributed by atoms with E-state index < -0.39 is 0 Å². The first-order chi connectivity index (χ1) is 13.3. The number of aromatic nitrogens is 3. The molecule has 5 heterocycles. The third-order valence-electron chi connectivity index (χ3n) is 5.08. The van der Waals surface area contributed by atoms with Crippen LogP contribution in [0.3, 0.4) is 0 Å². The van der Waals surface area contributed by atoms with Gasteiger partial charge in [-0.15, -0.1) is 0 Å². The molecule has 27 heavy (non-hydrogen) atoms. The van der Waals surface area contributed by atoms with E-state index in [0.29, 0.717) is 5.92 Å². The molecule has 0 spiro atoms. The molecule has 0 bridgehead atoms. The first-order valence-corrected chi connectivity index (χ1v) is 9.89. The summed E-state index contributed by atoms with van der Waals surface area (Å²) in [5, 5.41) is 12.1. The molecule has 3 aliphatic rings. The van der Waals surface area contributed by atoms with Crippen LogP contribution < -0.4 is 15.5 Å². The Morgan fingerprint density at radius 2 is 2.19 bits per heavy atom. The standard InChI is InChI=1S/C18H20N8S/c1-25-11-13(9-22-25)15-10-21-18-17(20-6-7-26(15)18)23-16-8-14(24-27-16)12-2-4-19-5-3-12/h6-12,19H,2-5H2,1H3,(H,20,23)/p+1. The normalized spacial score (nSPS) is 22.3. The van der Waals surface area contributed by atoms with Crippen molar-refractivity contribution >= 4 is 33.9 Å². The number of aryl methyl sites for hydroxylation is 1. The minimum atomic E-state index is 0.552. The van der Waals surface area contributed by atoms with E-state index in [1.165, 1.54) is 17.2 Å². The molecule has 3 aliphatic heterocycles. The summed E-state index contributed by atoms with van der Waals surface area (Å²) in [5.41, 5.74) is 3.31. The maximum absolute atomic E-state index is 4.66. The smallest absolute Gasteiger partial charge is 0.279 e. The third kappa shape index (κ3) is 3.14. The highest BCUT2D eigenvalue weighted by Crippen LogP contribution is 2.28. The second kappa shape index (κ2) is 6.84. The first kappa shape index (κ1) is 16.5. The summed E-state index contributed by atoms with van der Waals surface area (Å²) in [6.07, 6.45) is 11.9. The van der Waals surface area contributed by atoms with Crippen molar-refractivity contribution in [2.75, 3.05) is 18.4 Å². The lowest BCUT2D eigenvalue weighted by Gasteiger charge is -2.20. The molecule has 2 aromatic heterocycles. The summed E-state index contributed by atoms with van der Waals surface area (Å²) in [4.78, 5) is 10.2. The Kier molecular flexibility index (Phi) is 4.19. The van der Waals surface area contributed by atoms with E-state index >= 15 is 0 Å². The van der Waals surface area contributed by atoms with Crippen LogP contribution in [0.25, 0.3) is 5.70 Å². The summed E-state index contributed by atoms with van der Waals surface area (Å²) in [7, 11) is 1.92.